The molecule has 114 valence electrons. The maximum atomic E-state index is 11.2. The van der Waals surface area contributed by atoms with Gasteiger partial charge in [0.05, 0.1) is 17.1 Å². The number of azide groups is 1. The first-order valence-corrected chi connectivity index (χ1v) is 6.45. The third-order valence-corrected chi connectivity index (χ3v) is 3.65. The molecule has 10 nitrogen and oxygen atoms in total. The van der Waals surface area contributed by atoms with Crippen LogP contribution in [-0.4, -0.2) is 38.6 Å². The molecule has 0 aromatic carbocycles. The third kappa shape index (κ3) is 2.68. The Kier molecular flexibility index (Phi) is 4.12. The van der Waals surface area contributed by atoms with E-state index < -0.39 is 22.7 Å². The standard InChI is InChI=1S/C11H16N6O4/c1-11(9-8(17(19)20)6-16(2)14-9)10(18)7(13-15-12)4-3-5-21-11/h6-7,10,18H,3-5H2,1-2H3. The Hall–Kier alpha value is -2.16. The minimum Gasteiger partial charge on any atom is -0.389 e. The second kappa shape index (κ2) is 5.68. The van der Waals surface area contributed by atoms with E-state index in [1.54, 1.807) is 7.05 Å². The molecule has 21 heavy (non-hydrogen) atoms. The molecule has 1 aromatic heterocycles. The van der Waals surface area contributed by atoms with Gasteiger partial charge in [-0.25, -0.2) is 0 Å². The van der Waals surface area contributed by atoms with Gasteiger partial charge in [-0.2, -0.15) is 5.10 Å². The van der Waals surface area contributed by atoms with Crippen molar-refractivity contribution >= 4 is 5.69 Å². The number of aliphatic hydroxyl groups is 1. The number of hydrogen-bond donors (Lipinski definition) is 1. The van der Waals surface area contributed by atoms with Gasteiger partial charge < -0.3 is 9.84 Å². The van der Waals surface area contributed by atoms with Crippen LogP contribution in [0.25, 0.3) is 10.4 Å². The van der Waals surface area contributed by atoms with Crippen LogP contribution < -0.4 is 0 Å². The first-order chi connectivity index (χ1) is 9.90. The first kappa shape index (κ1) is 15.2. The quantitative estimate of drug-likeness (QED) is 0.295. The van der Waals surface area contributed by atoms with Gasteiger partial charge in [-0.1, -0.05) is 5.11 Å². The van der Waals surface area contributed by atoms with Gasteiger partial charge in [-0.3, -0.25) is 14.8 Å². The third-order valence-electron chi connectivity index (χ3n) is 3.65. The number of aliphatic hydroxyl groups excluding tert-OH is 1. The summed E-state index contributed by atoms with van der Waals surface area (Å²) in [5.74, 6) is 0. The second-order valence-corrected chi connectivity index (χ2v) is 5.11. The van der Waals surface area contributed by atoms with Crippen LogP contribution in [0.2, 0.25) is 0 Å². The van der Waals surface area contributed by atoms with Crippen LogP contribution in [0.15, 0.2) is 11.3 Å². The van der Waals surface area contributed by atoms with Crippen LogP contribution in [0.3, 0.4) is 0 Å². The fraction of sp³-hybridized carbons (Fsp3) is 0.727. The smallest absolute Gasteiger partial charge is 0.313 e. The highest BCUT2D eigenvalue weighted by Gasteiger charge is 2.48. The van der Waals surface area contributed by atoms with Crippen molar-refractivity contribution in [2.24, 2.45) is 12.2 Å². The molecule has 3 unspecified atom stereocenters. The van der Waals surface area contributed by atoms with Gasteiger partial charge in [0.25, 0.3) is 0 Å². The average molecular weight is 296 g/mol. The normalized spacial score (nSPS) is 29.5. The summed E-state index contributed by atoms with van der Waals surface area (Å²) in [4.78, 5) is 13.3. The van der Waals surface area contributed by atoms with Gasteiger partial charge in [0.15, 0.2) is 5.69 Å². The maximum absolute atomic E-state index is 11.2. The van der Waals surface area contributed by atoms with Crippen molar-refractivity contribution in [3.63, 3.8) is 0 Å². The van der Waals surface area contributed by atoms with Crippen LogP contribution >= 0.6 is 0 Å². The second-order valence-electron chi connectivity index (χ2n) is 5.11. The van der Waals surface area contributed by atoms with E-state index in [1.165, 1.54) is 17.8 Å². The molecule has 2 heterocycles. The number of rotatable bonds is 3. The molecule has 3 atom stereocenters. The lowest BCUT2D eigenvalue weighted by molar-refractivity contribution is -0.387. The van der Waals surface area contributed by atoms with E-state index in [9.17, 15) is 15.2 Å². The van der Waals surface area contributed by atoms with Crippen molar-refractivity contribution in [2.45, 2.75) is 37.5 Å². The predicted octanol–water partition coefficient (Wildman–Crippen LogP) is 1.39. The molecule has 0 aliphatic carbocycles. The number of aromatic nitrogens is 2. The fourth-order valence-corrected chi connectivity index (χ4v) is 2.55. The minimum atomic E-state index is -1.40. The van der Waals surface area contributed by atoms with Gasteiger partial charge in [0.1, 0.15) is 11.8 Å². The van der Waals surface area contributed by atoms with Crippen LogP contribution in [-0.2, 0) is 17.4 Å². The molecule has 0 spiro atoms. The van der Waals surface area contributed by atoms with Gasteiger partial charge in [0.2, 0.25) is 0 Å². The fourth-order valence-electron chi connectivity index (χ4n) is 2.55. The average Bonchev–Trinajstić information content (AvgIpc) is 2.78. The zero-order valence-corrected chi connectivity index (χ0v) is 11.7. The molecule has 1 aliphatic rings. The van der Waals surface area contributed by atoms with Gasteiger partial charge in [0, 0.05) is 18.6 Å². The Morgan fingerprint density at radius 1 is 1.76 bits per heavy atom. The SMILES string of the molecule is Cn1cc([N+](=O)[O-])c(C2(C)OCCCC(N=[N+]=[N-])C2O)n1. The summed E-state index contributed by atoms with van der Waals surface area (Å²) in [5, 5.41) is 29.3. The Bertz CT molecular complexity index is 596. The van der Waals surface area contributed by atoms with E-state index in [2.05, 4.69) is 15.1 Å². The molecule has 0 radical (unpaired) electrons. The monoisotopic (exact) mass is 296 g/mol. The van der Waals surface area contributed by atoms with E-state index in [4.69, 9.17) is 10.3 Å². The summed E-state index contributed by atoms with van der Waals surface area (Å²) in [6.45, 7) is 1.82. The number of aryl methyl sites for hydroxylation is 1. The Balaban J connectivity index is 2.52. The molecular weight excluding hydrogens is 280 g/mol. The molecule has 1 aromatic rings. The zero-order chi connectivity index (χ0) is 15.6. The lowest BCUT2D eigenvalue weighted by Crippen LogP contribution is -2.45. The van der Waals surface area contributed by atoms with E-state index in [1.807, 2.05) is 0 Å². The van der Waals surface area contributed by atoms with Gasteiger partial charge in [-0.15, -0.1) is 0 Å². The van der Waals surface area contributed by atoms with Crippen LogP contribution in [0.5, 0.6) is 0 Å². The first-order valence-electron chi connectivity index (χ1n) is 6.45. The largest absolute Gasteiger partial charge is 0.389 e. The van der Waals surface area contributed by atoms with Crippen molar-refractivity contribution in [3.8, 4) is 0 Å². The zero-order valence-electron chi connectivity index (χ0n) is 11.7. The van der Waals surface area contributed by atoms with E-state index in [-0.39, 0.29) is 11.4 Å². The Morgan fingerprint density at radius 3 is 3.10 bits per heavy atom. The highest BCUT2D eigenvalue weighted by molar-refractivity contribution is 5.38. The van der Waals surface area contributed by atoms with E-state index >= 15 is 0 Å². The Labute approximate surface area is 120 Å². The molecule has 2 rings (SSSR count). The number of hydrogen-bond acceptors (Lipinski definition) is 6. The Morgan fingerprint density at radius 2 is 2.48 bits per heavy atom. The molecule has 1 fully saturated rings. The topological polar surface area (TPSA) is 139 Å². The molecule has 0 bridgehead atoms. The number of ether oxygens (including phenoxy) is 1. The number of nitro groups is 1. The minimum absolute atomic E-state index is 0.0301. The summed E-state index contributed by atoms with van der Waals surface area (Å²) >= 11 is 0. The van der Waals surface area contributed by atoms with Crippen LogP contribution in [0.4, 0.5) is 5.69 Å². The van der Waals surface area contributed by atoms with Crippen molar-refractivity contribution in [1.82, 2.24) is 9.78 Å². The molecule has 1 N–H and O–H groups in total. The van der Waals surface area contributed by atoms with Gasteiger partial charge >= 0.3 is 5.69 Å². The predicted molar refractivity (Wildman–Crippen MR) is 71.3 cm³/mol. The summed E-state index contributed by atoms with van der Waals surface area (Å²) in [6.07, 6.45) is 1.06. The van der Waals surface area contributed by atoms with Crippen molar-refractivity contribution in [2.75, 3.05) is 6.61 Å². The molecule has 10 heteroatoms. The molecule has 1 saturated heterocycles. The van der Waals surface area contributed by atoms with Crippen molar-refractivity contribution in [1.29, 1.82) is 0 Å². The lowest BCUT2D eigenvalue weighted by Gasteiger charge is -2.32. The summed E-state index contributed by atoms with van der Waals surface area (Å²) in [5.41, 5.74) is 6.99. The van der Waals surface area contributed by atoms with Crippen LogP contribution in [0, 0.1) is 10.1 Å². The summed E-state index contributed by atoms with van der Waals surface area (Å²) in [7, 11) is 1.55. The molecular formula is C11H16N6O4. The maximum Gasteiger partial charge on any atom is 0.313 e. The highest BCUT2D eigenvalue weighted by Crippen LogP contribution is 2.39. The van der Waals surface area contributed by atoms with Crippen molar-refractivity contribution in [3.05, 3.63) is 32.4 Å². The van der Waals surface area contributed by atoms with Crippen LogP contribution in [0.1, 0.15) is 25.5 Å². The summed E-state index contributed by atoms with van der Waals surface area (Å²) < 4.78 is 6.95. The molecule has 0 amide bonds. The van der Waals surface area contributed by atoms with E-state index in [0.717, 1.165) is 0 Å². The van der Waals surface area contributed by atoms with Gasteiger partial charge in [-0.05, 0) is 25.3 Å². The molecule has 0 saturated carbocycles. The lowest BCUT2D eigenvalue weighted by atomic mass is 9.88. The number of nitrogens with zero attached hydrogens (tertiary/aromatic N) is 6. The van der Waals surface area contributed by atoms with E-state index in [0.29, 0.717) is 19.4 Å². The van der Waals surface area contributed by atoms with Crippen molar-refractivity contribution < 1.29 is 14.8 Å². The molecule has 1 aliphatic heterocycles. The summed E-state index contributed by atoms with van der Waals surface area (Å²) in [6, 6.07) is -0.718. The highest BCUT2D eigenvalue weighted by atomic mass is 16.6.